The molecule has 2 rings (SSSR count). The van der Waals surface area contributed by atoms with Gasteiger partial charge in [0.2, 0.25) is 5.91 Å². The lowest BCUT2D eigenvalue weighted by Crippen LogP contribution is -2.35. The second-order valence-corrected chi connectivity index (χ2v) is 4.58. The van der Waals surface area contributed by atoms with Crippen LogP contribution >= 0.6 is 11.8 Å². The van der Waals surface area contributed by atoms with Crippen molar-refractivity contribution in [3.63, 3.8) is 0 Å². The Balaban J connectivity index is 2.14. The SMILES string of the molecule is Cc1ccc(C2CSCC(=O)N2)cc1. The number of amides is 1. The Kier molecular flexibility index (Phi) is 2.77. The van der Waals surface area contributed by atoms with Gasteiger partial charge in [-0.05, 0) is 12.5 Å². The van der Waals surface area contributed by atoms with Crippen molar-refractivity contribution in [1.29, 1.82) is 0 Å². The number of benzene rings is 1. The molecule has 1 amide bonds. The number of hydrogen-bond acceptors (Lipinski definition) is 2. The van der Waals surface area contributed by atoms with Gasteiger partial charge in [-0.3, -0.25) is 4.79 Å². The fourth-order valence-corrected chi connectivity index (χ4v) is 2.42. The molecule has 0 aromatic heterocycles. The highest BCUT2D eigenvalue weighted by Crippen LogP contribution is 2.22. The molecule has 1 atom stereocenters. The predicted octanol–water partition coefficient (Wildman–Crippen LogP) is 1.90. The molecule has 0 aliphatic carbocycles. The van der Waals surface area contributed by atoms with Crippen LogP contribution in [0.15, 0.2) is 24.3 Å². The fourth-order valence-electron chi connectivity index (χ4n) is 1.53. The molecule has 1 aromatic carbocycles. The van der Waals surface area contributed by atoms with Crippen molar-refractivity contribution in [3.05, 3.63) is 35.4 Å². The number of nitrogens with one attached hydrogen (secondary N) is 1. The standard InChI is InChI=1S/C11H13NOS/c1-8-2-4-9(5-3-8)10-6-14-7-11(13)12-10/h2-5,10H,6-7H2,1H3,(H,12,13). The summed E-state index contributed by atoms with van der Waals surface area (Å²) in [4.78, 5) is 11.2. The highest BCUT2D eigenvalue weighted by atomic mass is 32.2. The van der Waals surface area contributed by atoms with Crippen molar-refractivity contribution in [3.8, 4) is 0 Å². The first-order valence-corrected chi connectivity index (χ1v) is 5.85. The molecule has 2 nitrogen and oxygen atoms in total. The Labute approximate surface area is 88.1 Å². The van der Waals surface area contributed by atoms with E-state index in [1.807, 2.05) is 0 Å². The second-order valence-electron chi connectivity index (χ2n) is 3.55. The molecule has 0 saturated carbocycles. The van der Waals surface area contributed by atoms with E-state index in [4.69, 9.17) is 0 Å². The lowest BCUT2D eigenvalue weighted by atomic mass is 10.1. The summed E-state index contributed by atoms with van der Waals surface area (Å²) >= 11 is 1.70. The number of aryl methyl sites for hydroxylation is 1. The van der Waals surface area contributed by atoms with Gasteiger partial charge in [0.05, 0.1) is 11.8 Å². The van der Waals surface area contributed by atoms with Crippen molar-refractivity contribution in [2.75, 3.05) is 11.5 Å². The van der Waals surface area contributed by atoms with Crippen molar-refractivity contribution in [1.82, 2.24) is 5.32 Å². The van der Waals surface area contributed by atoms with Gasteiger partial charge < -0.3 is 5.32 Å². The number of rotatable bonds is 1. The molecule has 74 valence electrons. The van der Waals surface area contributed by atoms with Crippen molar-refractivity contribution >= 4 is 17.7 Å². The predicted molar refractivity (Wildman–Crippen MR) is 59.4 cm³/mol. The summed E-state index contributed by atoms with van der Waals surface area (Å²) in [6.45, 7) is 2.07. The van der Waals surface area contributed by atoms with E-state index >= 15 is 0 Å². The summed E-state index contributed by atoms with van der Waals surface area (Å²) in [5.74, 6) is 1.73. The topological polar surface area (TPSA) is 29.1 Å². The van der Waals surface area contributed by atoms with E-state index in [9.17, 15) is 4.79 Å². The van der Waals surface area contributed by atoms with Crippen LogP contribution in [0.1, 0.15) is 17.2 Å². The Hall–Kier alpha value is -0.960. The van der Waals surface area contributed by atoms with Crippen LogP contribution in [0.2, 0.25) is 0 Å². The molecule has 1 unspecified atom stereocenters. The third-order valence-corrected chi connectivity index (χ3v) is 3.37. The zero-order chi connectivity index (χ0) is 9.97. The maximum Gasteiger partial charge on any atom is 0.230 e. The lowest BCUT2D eigenvalue weighted by molar-refractivity contribution is -0.119. The van der Waals surface area contributed by atoms with Gasteiger partial charge in [0.25, 0.3) is 0 Å². The maximum absolute atomic E-state index is 11.2. The third kappa shape index (κ3) is 2.10. The number of hydrogen-bond donors (Lipinski definition) is 1. The summed E-state index contributed by atoms with van der Waals surface area (Å²) < 4.78 is 0. The van der Waals surface area contributed by atoms with Crippen molar-refractivity contribution in [2.45, 2.75) is 13.0 Å². The van der Waals surface area contributed by atoms with E-state index in [-0.39, 0.29) is 11.9 Å². The van der Waals surface area contributed by atoms with Crippen LogP contribution in [0.5, 0.6) is 0 Å². The zero-order valence-corrected chi connectivity index (χ0v) is 8.93. The Morgan fingerprint density at radius 3 is 2.71 bits per heavy atom. The summed E-state index contributed by atoms with van der Waals surface area (Å²) in [7, 11) is 0. The first-order valence-electron chi connectivity index (χ1n) is 4.69. The molecule has 1 fully saturated rings. The van der Waals surface area contributed by atoms with E-state index in [1.54, 1.807) is 11.8 Å². The summed E-state index contributed by atoms with van der Waals surface area (Å²) in [5.41, 5.74) is 2.46. The Bertz CT molecular complexity index is 334. The zero-order valence-electron chi connectivity index (χ0n) is 8.12. The second kappa shape index (κ2) is 4.05. The van der Waals surface area contributed by atoms with Gasteiger partial charge in [-0.2, -0.15) is 0 Å². The number of thioether (sulfide) groups is 1. The van der Waals surface area contributed by atoms with Gasteiger partial charge in [-0.25, -0.2) is 0 Å². The molecule has 1 heterocycles. The number of carbonyl (C=O) groups excluding carboxylic acids is 1. The normalized spacial score (nSPS) is 21.8. The molecule has 1 aromatic rings. The van der Waals surface area contributed by atoms with Crippen LogP contribution in [0.3, 0.4) is 0 Å². The summed E-state index contributed by atoms with van der Waals surface area (Å²) in [6, 6.07) is 8.54. The fraction of sp³-hybridized carbons (Fsp3) is 0.364. The molecule has 1 aliphatic heterocycles. The smallest absolute Gasteiger partial charge is 0.230 e. The maximum atomic E-state index is 11.2. The molecule has 1 N–H and O–H groups in total. The highest BCUT2D eigenvalue weighted by molar-refractivity contribution is 8.00. The van der Waals surface area contributed by atoms with Gasteiger partial charge in [-0.15, -0.1) is 11.8 Å². The minimum atomic E-state index is 0.145. The van der Waals surface area contributed by atoms with Gasteiger partial charge in [0.1, 0.15) is 0 Å². The van der Waals surface area contributed by atoms with Crippen molar-refractivity contribution < 1.29 is 4.79 Å². The average Bonchev–Trinajstić information content (AvgIpc) is 2.19. The summed E-state index contributed by atoms with van der Waals surface area (Å²) in [5, 5.41) is 2.99. The highest BCUT2D eigenvalue weighted by Gasteiger charge is 2.19. The van der Waals surface area contributed by atoms with Crippen LogP contribution in [0.4, 0.5) is 0 Å². The molecule has 0 bridgehead atoms. The number of carbonyl (C=O) groups is 1. The molecule has 3 heteroatoms. The largest absolute Gasteiger partial charge is 0.348 e. The van der Waals surface area contributed by atoms with Crippen LogP contribution in [-0.2, 0) is 4.79 Å². The minimum Gasteiger partial charge on any atom is -0.348 e. The first-order chi connectivity index (χ1) is 6.75. The van der Waals surface area contributed by atoms with Crippen LogP contribution in [0, 0.1) is 6.92 Å². The minimum absolute atomic E-state index is 0.145. The van der Waals surface area contributed by atoms with Gasteiger partial charge in [0.15, 0.2) is 0 Å². The van der Waals surface area contributed by atoms with Gasteiger partial charge in [-0.1, -0.05) is 29.8 Å². The van der Waals surface area contributed by atoms with E-state index in [1.165, 1.54) is 11.1 Å². The van der Waals surface area contributed by atoms with E-state index in [0.29, 0.717) is 5.75 Å². The molecular weight excluding hydrogens is 194 g/mol. The lowest BCUT2D eigenvalue weighted by Gasteiger charge is -2.23. The van der Waals surface area contributed by atoms with Crippen LogP contribution in [-0.4, -0.2) is 17.4 Å². The van der Waals surface area contributed by atoms with Gasteiger partial charge in [0, 0.05) is 5.75 Å². The average molecular weight is 207 g/mol. The third-order valence-electron chi connectivity index (χ3n) is 2.33. The van der Waals surface area contributed by atoms with Gasteiger partial charge >= 0.3 is 0 Å². The molecule has 0 radical (unpaired) electrons. The Morgan fingerprint density at radius 2 is 2.07 bits per heavy atom. The van der Waals surface area contributed by atoms with E-state index in [2.05, 4.69) is 36.5 Å². The molecule has 1 saturated heterocycles. The molecular formula is C11H13NOS. The van der Waals surface area contributed by atoms with Crippen molar-refractivity contribution in [2.24, 2.45) is 0 Å². The van der Waals surface area contributed by atoms with E-state index < -0.39 is 0 Å². The molecule has 14 heavy (non-hydrogen) atoms. The summed E-state index contributed by atoms with van der Waals surface area (Å²) in [6.07, 6.45) is 0. The van der Waals surface area contributed by atoms with E-state index in [0.717, 1.165) is 5.75 Å². The monoisotopic (exact) mass is 207 g/mol. The van der Waals surface area contributed by atoms with Crippen LogP contribution < -0.4 is 5.32 Å². The van der Waals surface area contributed by atoms with Crippen LogP contribution in [0.25, 0.3) is 0 Å². The first kappa shape index (κ1) is 9.59. The Morgan fingerprint density at radius 1 is 1.36 bits per heavy atom. The molecule has 0 spiro atoms. The quantitative estimate of drug-likeness (QED) is 0.762. The molecule has 1 aliphatic rings.